The lowest BCUT2D eigenvalue weighted by Gasteiger charge is -2.34. The van der Waals surface area contributed by atoms with Gasteiger partial charge in [-0.2, -0.15) is 0 Å². The maximum Gasteiger partial charge on any atom is 0.319 e. The van der Waals surface area contributed by atoms with Crippen LogP contribution in [0.4, 0.5) is 10.5 Å². The molecule has 2 rings (SSSR count). The van der Waals surface area contributed by atoms with Crippen molar-refractivity contribution in [2.75, 3.05) is 5.32 Å². The molecule has 1 saturated carbocycles. The van der Waals surface area contributed by atoms with Crippen molar-refractivity contribution < 1.29 is 4.79 Å². The minimum atomic E-state index is -0.123. The van der Waals surface area contributed by atoms with Gasteiger partial charge in [0.15, 0.2) is 0 Å². The first kappa shape index (κ1) is 11.9. The van der Waals surface area contributed by atoms with Crippen LogP contribution in [0.15, 0.2) is 24.3 Å². The van der Waals surface area contributed by atoms with E-state index in [0.29, 0.717) is 18.5 Å². The number of rotatable bonds is 3. The molecule has 1 aromatic rings. The van der Waals surface area contributed by atoms with Gasteiger partial charge in [0.25, 0.3) is 0 Å². The lowest BCUT2D eigenvalue weighted by atomic mass is 9.81. The second-order valence-electron chi connectivity index (χ2n) is 4.66. The Morgan fingerprint density at radius 1 is 1.35 bits per heavy atom. The smallest absolute Gasteiger partial charge is 0.319 e. The first-order valence-corrected chi connectivity index (χ1v) is 6.05. The van der Waals surface area contributed by atoms with Crippen molar-refractivity contribution in [3.05, 3.63) is 29.8 Å². The zero-order valence-electron chi connectivity index (χ0n) is 10.1. The predicted octanol–water partition coefficient (Wildman–Crippen LogP) is 2.07. The number of carbonyl (C=O) groups is 1. The summed E-state index contributed by atoms with van der Waals surface area (Å²) in [5.41, 5.74) is 7.36. The third-order valence-corrected chi connectivity index (χ3v) is 3.38. The van der Waals surface area contributed by atoms with Crippen LogP contribution in [0.2, 0.25) is 0 Å². The van der Waals surface area contributed by atoms with Gasteiger partial charge in [-0.3, -0.25) is 0 Å². The van der Waals surface area contributed by atoms with E-state index in [4.69, 9.17) is 5.73 Å². The minimum absolute atomic E-state index is 0.123. The van der Waals surface area contributed by atoms with Crippen LogP contribution in [-0.4, -0.2) is 12.1 Å². The van der Waals surface area contributed by atoms with Gasteiger partial charge in [-0.1, -0.05) is 19.1 Å². The van der Waals surface area contributed by atoms with Gasteiger partial charge in [-0.15, -0.1) is 0 Å². The van der Waals surface area contributed by atoms with E-state index < -0.39 is 0 Å². The fraction of sp³-hybridized carbons (Fsp3) is 0.462. The number of urea groups is 1. The van der Waals surface area contributed by atoms with Crippen molar-refractivity contribution in [2.24, 2.45) is 11.7 Å². The number of hydrogen-bond donors (Lipinski definition) is 3. The third-order valence-electron chi connectivity index (χ3n) is 3.38. The molecule has 4 N–H and O–H groups in total. The van der Waals surface area contributed by atoms with E-state index in [2.05, 4.69) is 17.6 Å². The number of amides is 2. The number of benzene rings is 1. The highest BCUT2D eigenvalue weighted by atomic mass is 16.2. The van der Waals surface area contributed by atoms with Gasteiger partial charge in [-0.05, 0) is 36.5 Å². The number of nitrogens with two attached hydrogens (primary N) is 1. The molecule has 4 heteroatoms. The number of carbonyl (C=O) groups excluding carboxylic acids is 1. The highest BCUT2D eigenvalue weighted by Crippen LogP contribution is 2.26. The normalized spacial score (nSPS) is 22.7. The van der Waals surface area contributed by atoms with Gasteiger partial charge in [0.1, 0.15) is 0 Å². The summed E-state index contributed by atoms with van der Waals surface area (Å²) in [4.78, 5) is 11.7. The summed E-state index contributed by atoms with van der Waals surface area (Å²) in [6.07, 6.45) is 2.29. The average Bonchev–Trinajstić information content (AvgIpc) is 2.35. The molecule has 0 bridgehead atoms. The summed E-state index contributed by atoms with van der Waals surface area (Å²) >= 11 is 0. The summed E-state index contributed by atoms with van der Waals surface area (Å²) in [6, 6.07) is 7.78. The fourth-order valence-electron chi connectivity index (χ4n) is 1.94. The number of hydrogen-bond acceptors (Lipinski definition) is 2. The van der Waals surface area contributed by atoms with Crippen LogP contribution in [0, 0.1) is 5.92 Å². The molecule has 17 heavy (non-hydrogen) atoms. The molecule has 0 heterocycles. The van der Waals surface area contributed by atoms with E-state index in [0.717, 1.165) is 17.7 Å². The second-order valence-corrected chi connectivity index (χ2v) is 4.66. The quantitative estimate of drug-likeness (QED) is 0.748. The Balaban J connectivity index is 1.84. The van der Waals surface area contributed by atoms with Crippen LogP contribution < -0.4 is 16.4 Å². The summed E-state index contributed by atoms with van der Waals surface area (Å²) < 4.78 is 0. The predicted molar refractivity (Wildman–Crippen MR) is 68.7 cm³/mol. The molecule has 1 fully saturated rings. The Morgan fingerprint density at radius 2 is 2.06 bits per heavy atom. The summed E-state index contributed by atoms with van der Waals surface area (Å²) in [5, 5.41) is 5.79. The second kappa shape index (κ2) is 5.19. The van der Waals surface area contributed by atoms with Crippen LogP contribution in [0.25, 0.3) is 0 Å². The van der Waals surface area contributed by atoms with Gasteiger partial charge in [-0.25, -0.2) is 4.79 Å². The molecule has 2 unspecified atom stereocenters. The monoisotopic (exact) mass is 233 g/mol. The van der Waals surface area contributed by atoms with Crippen LogP contribution >= 0.6 is 0 Å². The molecule has 0 spiro atoms. The van der Waals surface area contributed by atoms with Crippen molar-refractivity contribution >= 4 is 11.7 Å². The molecule has 2 atom stereocenters. The van der Waals surface area contributed by atoms with Crippen molar-refractivity contribution in [3.8, 4) is 0 Å². The van der Waals surface area contributed by atoms with Crippen LogP contribution in [0.3, 0.4) is 0 Å². The molecule has 1 aliphatic rings. The van der Waals surface area contributed by atoms with E-state index in [1.807, 2.05) is 24.3 Å². The molecule has 4 nitrogen and oxygen atoms in total. The Bertz CT molecular complexity index is 388. The molecule has 0 aromatic heterocycles. The zero-order chi connectivity index (χ0) is 12.3. The van der Waals surface area contributed by atoms with E-state index in [-0.39, 0.29) is 6.03 Å². The van der Waals surface area contributed by atoms with Gasteiger partial charge in [0.2, 0.25) is 0 Å². The minimum Gasteiger partial charge on any atom is -0.335 e. The first-order chi connectivity index (χ1) is 8.19. The molecular formula is C13H19N3O. The number of anilines is 1. The Hall–Kier alpha value is -1.55. The van der Waals surface area contributed by atoms with Crippen molar-refractivity contribution in [2.45, 2.75) is 32.4 Å². The molecule has 0 saturated heterocycles. The van der Waals surface area contributed by atoms with Gasteiger partial charge < -0.3 is 16.4 Å². The van der Waals surface area contributed by atoms with Crippen LogP contribution in [-0.2, 0) is 6.54 Å². The Morgan fingerprint density at radius 3 is 2.53 bits per heavy atom. The fourth-order valence-corrected chi connectivity index (χ4v) is 1.94. The summed E-state index contributed by atoms with van der Waals surface area (Å²) in [7, 11) is 0. The lowest BCUT2D eigenvalue weighted by molar-refractivity contribution is 0.213. The molecule has 2 amide bonds. The van der Waals surface area contributed by atoms with E-state index in [1.165, 1.54) is 6.42 Å². The highest BCUT2D eigenvalue weighted by Gasteiger charge is 2.27. The van der Waals surface area contributed by atoms with Crippen molar-refractivity contribution in [1.82, 2.24) is 5.32 Å². The number of nitrogens with one attached hydrogen (secondary N) is 2. The Kier molecular flexibility index (Phi) is 3.64. The topological polar surface area (TPSA) is 67.2 Å². The molecule has 0 radical (unpaired) electrons. The maximum absolute atomic E-state index is 11.7. The Labute approximate surface area is 102 Å². The van der Waals surface area contributed by atoms with Gasteiger partial charge >= 0.3 is 6.03 Å². The highest BCUT2D eigenvalue weighted by molar-refractivity contribution is 5.89. The first-order valence-electron chi connectivity index (χ1n) is 6.05. The van der Waals surface area contributed by atoms with E-state index >= 15 is 0 Å². The van der Waals surface area contributed by atoms with Crippen molar-refractivity contribution in [3.63, 3.8) is 0 Å². The average molecular weight is 233 g/mol. The molecule has 1 aliphatic carbocycles. The summed E-state index contributed by atoms with van der Waals surface area (Å²) in [5.74, 6) is 0.598. The molecule has 92 valence electrons. The zero-order valence-corrected chi connectivity index (χ0v) is 10.1. The van der Waals surface area contributed by atoms with E-state index in [9.17, 15) is 4.79 Å². The van der Waals surface area contributed by atoms with Gasteiger partial charge in [0, 0.05) is 18.3 Å². The molecule has 1 aromatic carbocycles. The standard InChI is InChI=1S/C13H19N3O/c1-9-2-7-12(9)16-13(17)15-11-5-3-10(8-14)4-6-11/h3-6,9,12H,2,7-8,14H2,1H3,(H2,15,16,17). The maximum atomic E-state index is 11.7. The van der Waals surface area contributed by atoms with Crippen molar-refractivity contribution in [1.29, 1.82) is 0 Å². The van der Waals surface area contributed by atoms with Crippen LogP contribution in [0.5, 0.6) is 0 Å². The lowest BCUT2D eigenvalue weighted by Crippen LogP contribution is -2.47. The summed E-state index contributed by atoms with van der Waals surface area (Å²) in [6.45, 7) is 2.68. The van der Waals surface area contributed by atoms with Gasteiger partial charge in [0.05, 0.1) is 0 Å². The SMILES string of the molecule is CC1CCC1NC(=O)Nc1ccc(CN)cc1. The van der Waals surface area contributed by atoms with Crippen LogP contribution in [0.1, 0.15) is 25.3 Å². The molecular weight excluding hydrogens is 214 g/mol. The largest absolute Gasteiger partial charge is 0.335 e. The third kappa shape index (κ3) is 2.97. The van der Waals surface area contributed by atoms with E-state index in [1.54, 1.807) is 0 Å². The molecule has 0 aliphatic heterocycles.